The highest BCUT2D eigenvalue weighted by Crippen LogP contribution is 2.36. The number of hydrogen-bond acceptors (Lipinski definition) is 2. The molecule has 1 atom stereocenters. The summed E-state index contributed by atoms with van der Waals surface area (Å²) in [7, 11) is 0. The summed E-state index contributed by atoms with van der Waals surface area (Å²) in [4.78, 5) is 8.27. The molecule has 4 aromatic rings. The monoisotopic (exact) mass is 327 g/mol. The molecule has 1 aliphatic rings. The fraction of sp³-hybridized carbons (Fsp3) is 0.227. The maximum Gasteiger partial charge on any atom is 0.0739 e. The molecule has 2 aromatic heterocycles. The maximum absolute atomic E-state index is 4.52. The van der Waals surface area contributed by atoms with Gasteiger partial charge in [0, 0.05) is 34.7 Å². The highest BCUT2D eigenvalue weighted by Gasteiger charge is 2.26. The third-order valence-corrected chi connectivity index (χ3v) is 5.40. The summed E-state index contributed by atoms with van der Waals surface area (Å²) in [5.74, 6) is 0. The topological polar surface area (TPSA) is 40.7 Å². The van der Waals surface area contributed by atoms with Gasteiger partial charge < -0.3 is 10.3 Å². The summed E-state index contributed by atoms with van der Waals surface area (Å²) >= 11 is 0. The van der Waals surface area contributed by atoms with E-state index in [2.05, 4.69) is 65.5 Å². The van der Waals surface area contributed by atoms with Gasteiger partial charge in [-0.05, 0) is 55.2 Å². The lowest BCUT2D eigenvalue weighted by atomic mass is 9.92. The van der Waals surface area contributed by atoms with Gasteiger partial charge in [-0.25, -0.2) is 0 Å². The molecule has 0 aliphatic carbocycles. The lowest BCUT2D eigenvalue weighted by Crippen LogP contribution is -2.30. The van der Waals surface area contributed by atoms with Gasteiger partial charge >= 0.3 is 0 Å². The van der Waals surface area contributed by atoms with Gasteiger partial charge in [0.25, 0.3) is 0 Å². The fourth-order valence-electron chi connectivity index (χ4n) is 4.32. The van der Waals surface area contributed by atoms with Gasteiger partial charge in [0.05, 0.1) is 11.6 Å². The second-order valence-corrected chi connectivity index (χ2v) is 7.08. The van der Waals surface area contributed by atoms with Crippen LogP contribution < -0.4 is 5.32 Å². The van der Waals surface area contributed by atoms with E-state index in [0.717, 1.165) is 18.5 Å². The molecule has 0 fully saturated rings. The largest absolute Gasteiger partial charge is 0.356 e. The molecule has 2 N–H and O–H groups in total. The van der Waals surface area contributed by atoms with Crippen molar-refractivity contribution in [1.82, 2.24) is 15.3 Å². The molecule has 0 saturated carbocycles. The molecule has 0 saturated heterocycles. The number of benzene rings is 2. The van der Waals surface area contributed by atoms with Gasteiger partial charge in [-0.3, -0.25) is 4.98 Å². The SMILES string of the molecule is Cc1cc(C)c2[nH]c3c(c2c1)CCNC3c1ccnc2ccccc12. The Kier molecular flexibility index (Phi) is 3.19. The van der Waals surface area contributed by atoms with Gasteiger partial charge in [0.15, 0.2) is 0 Å². The summed E-state index contributed by atoms with van der Waals surface area (Å²) < 4.78 is 0. The van der Waals surface area contributed by atoms with Crippen LogP contribution in [0.15, 0.2) is 48.7 Å². The Morgan fingerprint density at radius 1 is 1.04 bits per heavy atom. The molecule has 0 bridgehead atoms. The Balaban J connectivity index is 1.77. The lowest BCUT2D eigenvalue weighted by Gasteiger charge is -2.25. The van der Waals surface area contributed by atoms with Crippen LogP contribution in [0.1, 0.15) is 34.0 Å². The van der Waals surface area contributed by atoms with Crippen LogP contribution in [-0.2, 0) is 6.42 Å². The molecule has 5 rings (SSSR count). The van der Waals surface area contributed by atoms with Gasteiger partial charge in [-0.15, -0.1) is 0 Å². The molecule has 124 valence electrons. The number of nitrogens with one attached hydrogen (secondary N) is 2. The van der Waals surface area contributed by atoms with Crippen LogP contribution in [0.25, 0.3) is 21.8 Å². The summed E-state index contributed by atoms with van der Waals surface area (Å²) in [5.41, 5.74) is 9.06. The van der Waals surface area contributed by atoms with Crippen LogP contribution in [0.3, 0.4) is 0 Å². The molecule has 3 heterocycles. The highest BCUT2D eigenvalue weighted by molar-refractivity contribution is 5.89. The number of aromatic amines is 1. The zero-order valence-corrected chi connectivity index (χ0v) is 14.6. The summed E-state index contributed by atoms with van der Waals surface area (Å²) in [5, 5.41) is 6.33. The molecule has 3 heteroatoms. The van der Waals surface area contributed by atoms with Crippen LogP contribution in [0, 0.1) is 13.8 Å². The summed E-state index contributed by atoms with van der Waals surface area (Å²) in [6.45, 7) is 5.37. The Morgan fingerprint density at radius 3 is 2.84 bits per heavy atom. The number of pyridine rings is 1. The maximum atomic E-state index is 4.52. The van der Waals surface area contributed by atoms with Gasteiger partial charge in [0.2, 0.25) is 0 Å². The lowest BCUT2D eigenvalue weighted by molar-refractivity contribution is 0.563. The first-order valence-corrected chi connectivity index (χ1v) is 8.91. The van der Waals surface area contributed by atoms with E-state index < -0.39 is 0 Å². The third-order valence-electron chi connectivity index (χ3n) is 5.40. The Bertz CT molecular complexity index is 1100. The number of nitrogens with zero attached hydrogens (tertiary/aromatic N) is 1. The molecule has 25 heavy (non-hydrogen) atoms. The highest BCUT2D eigenvalue weighted by atomic mass is 15.0. The second kappa shape index (κ2) is 5.43. The second-order valence-electron chi connectivity index (χ2n) is 7.08. The first-order chi connectivity index (χ1) is 12.2. The molecule has 0 radical (unpaired) electrons. The van der Waals surface area contributed by atoms with Crippen molar-refractivity contribution in [2.45, 2.75) is 26.3 Å². The number of aryl methyl sites for hydroxylation is 2. The molecule has 0 spiro atoms. The van der Waals surface area contributed by atoms with Crippen LogP contribution in [0.4, 0.5) is 0 Å². The minimum atomic E-state index is 0.184. The minimum Gasteiger partial charge on any atom is -0.356 e. The molecule has 1 aliphatic heterocycles. The van der Waals surface area contributed by atoms with Crippen LogP contribution in [0.5, 0.6) is 0 Å². The van der Waals surface area contributed by atoms with E-state index >= 15 is 0 Å². The van der Waals surface area contributed by atoms with Gasteiger partial charge in [-0.1, -0.05) is 29.8 Å². The van der Waals surface area contributed by atoms with Crippen molar-refractivity contribution in [3.63, 3.8) is 0 Å². The van der Waals surface area contributed by atoms with Gasteiger partial charge in [-0.2, -0.15) is 0 Å². The van der Waals surface area contributed by atoms with E-state index in [4.69, 9.17) is 0 Å². The first kappa shape index (κ1) is 14.7. The molecule has 2 aromatic carbocycles. The van der Waals surface area contributed by atoms with E-state index in [0.29, 0.717) is 0 Å². The summed E-state index contributed by atoms with van der Waals surface area (Å²) in [6, 6.07) is 15.3. The van der Waals surface area contributed by atoms with Crippen LogP contribution in [0.2, 0.25) is 0 Å². The fourth-order valence-corrected chi connectivity index (χ4v) is 4.32. The van der Waals surface area contributed by atoms with Crippen molar-refractivity contribution < 1.29 is 0 Å². The van der Waals surface area contributed by atoms with E-state index in [9.17, 15) is 0 Å². The first-order valence-electron chi connectivity index (χ1n) is 8.91. The molecule has 3 nitrogen and oxygen atoms in total. The van der Waals surface area contributed by atoms with E-state index in [1.165, 1.54) is 44.2 Å². The minimum absolute atomic E-state index is 0.184. The van der Waals surface area contributed by atoms with Crippen LogP contribution in [-0.4, -0.2) is 16.5 Å². The predicted octanol–water partition coefficient (Wildman–Crippen LogP) is 4.57. The Labute approximate surface area is 147 Å². The summed E-state index contributed by atoms with van der Waals surface area (Å²) in [6.07, 6.45) is 2.99. The standard InChI is InChI=1S/C22H21N3/c1-13-11-14(2)20-18(12-13)17-8-10-24-21(22(17)25-20)16-7-9-23-19-6-4-3-5-15(16)19/h3-7,9,11-12,21,24-25H,8,10H2,1-2H3. The van der Waals surface area contributed by atoms with E-state index in [1.54, 1.807) is 0 Å². The average molecular weight is 327 g/mol. The predicted molar refractivity (Wildman–Crippen MR) is 103 cm³/mol. The molecular formula is C22H21N3. The van der Waals surface area contributed by atoms with Crippen molar-refractivity contribution in [3.05, 3.63) is 76.6 Å². The smallest absolute Gasteiger partial charge is 0.0739 e. The number of fused-ring (bicyclic) bond motifs is 4. The number of H-pyrrole nitrogens is 1. The van der Waals surface area contributed by atoms with Crippen molar-refractivity contribution in [1.29, 1.82) is 0 Å². The quantitative estimate of drug-likeness (QED) is 0.538. The normalized spacial score (nSPS) is 17.1. The number of aromatic nitrogens is 2. The van der Waals surface area contributed by atoms with E-state index in [1.807, 2.05) is 12.3 Å². The van der Waals surface area contributed by atoms with Crippen molar-refractivity contribution in [2.24, 2.45) is 0 Å². The number of rotatable bonds is 1. The zero-order valence-electron chi connectivity index (χ0n) is 14.6. The molecule has 0 amide bonds. The van der Waals surface area contributed by atoms with E-state index in [-0.39, 0.29) is 6.04 Å². The third kappa shape index (κ3) is 2.19. The number of para-hydroxylation sites is 1. The van der Waals surface area contributed by atoms with Crippen molar-refractivity contribution in [2.75, 3.05) is 6.54 Å². The average Bonchev–Trinajstić information content (AvgIpc) is 3.00. The molecular weight excluding hydrogens is 306 g/mol. The van der Waals surface area contributed by atoms with Crippen LogP contribution >= 0.6 is 0 Å². The zero-order chi connectivity index (χ0) is 17.0. The Morgan fingerprint density at radius 2 is 1.92 bits per heavy atom. The molecule has 1 unspecified atom stereocenters. The Hall–Kier alpha value is -2.65. The number of hydrogen-bond donors (Lipinski definition) is 2. The van der Waals surface area contributed by atoms with Gasteiger partial charge in [0.1, 0.15) is 0 Å². The van der Waals surface area contributed by atoms with Crippen molar-refractivity contribution in [3.8, 4) is 0 Å². The van der Waals surface area contributed by atoms with Crippen molar-refractivity contribution >= 4 is 21.8 Å².